The van der Waals surface area contributed by atoms with Crippen molar-refractivity contribution in [3.63, 3.8) is 0 Å². The monoisotopic (exact) mass is 489 g/mol. The Hall–Kier alpha value is -3.78. The summed E-state index contributed by atoms with van der Waals surface area (Å²) in [6.45, 7) is 0.899. The largest absolute Gasteiger partial charge is 0.483 e. The number of nitrogens with one attached hydrogen (secondary N) is 1. The van der Waals surface area contributed by atoms with Gasteiger partial charge in [-0.15, -0.1) is 11.3 Å². The molecule has 1 saturated heterocycles. The number of para-hydroxylation sites is 3. The summed E-state index contributed by atoms with van der Waals surface area (Å²) < 4.78 is 20.6. The average molecular weight is 490 g/mol. The number of likely N-dealkylation sites (tertiary alicyclic amines) is 1. The molecule has 35 heavy (non-hydrogen) atoms. The Morgan fingerprint density at radius 2 is 1.83 bits per heavy atom. The number of nitrogens with zero attached hydrogens (tertiary/aromatic N) is 2. The number of hydrogen-bond acceptors (Lipinski definition) is 5. The normalized spacial score (nSPS) is 15.7. The highest BCUT2D eigenvalue weighted by atomic mass is 32.1. The van der Waals surface area contributed by atoms with Crippen molar-refractivity contribution in [2.75, 3.05) is 25.0 Å². The number of benzene rings is 3. The van der Waals surface area contributed by atoms with E-state index in [-0.39, 0.29) is 24.1 Å². The molecule has 2 heterocycles. The number of amides is 2. The lowest BCUT2D eigenvalue weighted by molar-refractivity contribution is -0.118. The van der Waals surface area contributed by atoms with Gasteiger partial charge in [-0.2, -0.15) is 0 Å². The number of carbonyl (C=O) groups excluding carboxylic acids is 2. The number of aromatic nitrogens is 1. The average Bonchev–Trinajstić information content (AvgIpc) is 3.33. The van der Waals surface area contributed by atoms with Crippen LogP contribution in [-0.4, -0.2) is 41.4 Å². The predicted molar refractivity (Wildman–Crippen MR) is 134 cm³/mol. The molecule has 0 spiro atoms. The van der Waals surface area contributed by atoms with E-state index < -0.39 is 11.7 Å². The molecule has 2 amide bonds. The van der Waals surface area contributed by atoms with E-state index in [1.54, 1.807) is 47.7 Å². The van der Waals surface area contributed by atoms with Crippen molar-refractivity contribution < 1.29 is 18.7 Å². The number of ether oxygens (including phenoxy) is 1. The maximum Gasteiger partial charge on any atom is 0.262 e. The zero-order chi connectivity index (χ0) is 24.2. The van der Waals surface area contributed by atoms with Crippen molar-refractivity contribution in [3.05, 3.63) is 89.2 Å². The third-order valence-electron chi connectivity index (χ3n) is 5.99. The molecule has 6 nitrogen and oxygen atoms in total. The van der Waals surface area contributed by atoms with Gasteiger partial charge in [-0.05, 0) is 49.2 Å². The topological polar surface area (TPSA) is 71.5 Å². The number of anilines is 1. The molecule has 1 unspecified atom stereocenters. The third-order valence-corrected chi connectivity index (χ3v) is 7.19. The fraction of sp³-hybridized carbons (Fsp3) is 0.222. The Morgan fingerprint density at radius 3 is 2.69 bits per heavy atom. The van der Waals surface area contributed by atoms with Crippen LogP contribution >= 0.6 is 11.3 Å². The maximum atomic E-state index is 13.8. The van der Waals surface area contributed by atoms with Gasteiger partial charge in [0.05, 0.1) is 26.5 Å². The fourth-order valence-electron chi connectivity index (χ4n) is 4.26. The van der Waals surface area contributed by atoms with Crippen LogP contribution in [0.2, 0.25) is 0 Å². The molecule has 1 fully saturated rings. The lowest BCUT2D eigenvalue weighted by Gasteiger charge is -2.32. The molecule has 3 aromatic carbocycles. The number of carbonyl (C=O) groups is 2. The molecule has 0 saturated carbocycles. The van der Waals surface area contributed by atoms with Gasteiger partial charge in [0.15, 0.2) is 6.61 Å². The van der Waals surface area contributed by atoms with Gasteiger partial charge in [-0.1, -0.05) is 36.4 Å². The van der Waals surface area contributed by atoms with Gasteiger partial charge in [0, 0.05) is 19.0 Å². The first-order valence-corrected chi connectivity index (χ1v) is 12.3. The van der Waals surface area contributed by atoms with Gasteiger partial charge in [-0.25, -0.2) is 9.37 Å². The van der Waals surface area contributed by atoms with Gasteiger partial charge >= 0.3 is 0 Å². The summed E-state index contributed by atoms with van der Waals surface area (Å²) in [5.41, 5.74) is 1.47. The molecular formula is C27H24FN3O3S. The van der Waals surface area contributed by atoms with E-state index in [9.17, 15) is 14.0 Å². The third kappa shape index (κ3) is 5.17. The van der Waals surface area contributed by atoms with Crippen LogP contribution in [0.4, 0.5) is 10.1 Å². The molecule has 0 aliphatic carbocycles. The summed E-state index contributed by atoms with van der Waals surface area (Å²) in [5, 5.41) is 3.54. The Kier molecular flexibility index (Phi) is 6.72. The van der Waals surface area contributed by atoms with Crippen LogP contribution in [0.1, 0.15) is 34.1 Å². The molecule has 1 atom stereocenters. The standard InChI is InChI=1S/C27H24FN3O3S/c28-20-10-2-3-11-21(20)29-25(32)17-34-23-13-5-1-9-19(23)27(33)31-15-7-8-18(16-31)26-30-22-12-4-6-14-24(22)35-26/h1-6,9-14,18H,7-8,15-17H2,(H,29,32). The minimum Gasteiger partial charge on any atom is -0.483 e. The van der Waals surface area contributed by atoms with Crippen LogP contribution in [0.15, 0.2) is 72.8 Å². The second-order valence-electron chi connectivity index (χ2n) is 8.42. The highest BCUT2D eigenvalue weighted by Gasteiger charge is 2.29. The highest BCUT2D eigenvalue weighted by Crippen LogP contribution is 2.34. The number of hydrogen-bond donors (Lipinski definition) is 1. The van der Waals surface area contributed by atoms with Gasteiger partial charge < -0.3 is 15.0 Å². The first-order valence-electron chi connectivity index (χ1n) is 11.5. The summed E-state index contributed by atoms with van der Waals surface area (Å²) in [4.78, 5) is 32.3. The molecule has 1 N–H and O–H groups in total. The number of rotatable bonds is 6. The summed E-state index contributed by atoms with van der Waals surface area (Å²) in [5.74, 6) is -0.663. The van der Waals surface area contributed by atoms with E-state index in [1.807, 2.05) is 23.1 Å². The maximum absolute atomic E-state index is 13.8. The molecule has 8 heteroatoms. The summed E-state index contributed by atoms with van der Waals surface area (Å²) in [6.07, 6.45) is 1.87. The van der Waals surface area contributed by atoms with E-state index in [0.29, 0.717) is 24.4 Å². The molecule has 1 aliphatic rings. The minimum atomic E-state index is -0.524. The molecule has 0 radical (unpaired) electrons. The molecule has 1 aromatic heterocycles. The Bertz CT molecular complexity index is 1340. The first kappa shape index (κ1) is 23.0. The van der Waals surface area contributed by atoms with Gasteiger partial charge in [0.25, 0.3) is 11.8 Å². The number of fused-ring (bicyclic) bond motifs is 1. The van der Waals surface area contributed by atoms with Gasteiger partial charge in [-0.3, -0.25) is 9.59 Å². The van der Waals surface area contributed by atoms with Crippen molar-refractivity contribution in [1.82, 2.24) is 9.88 Å². The van der Waals surface area contributed by atoms with Crippen molar-refractivity contribution in [2.45, 2.75) is 18.8 Å². The van der Waals surface area contributed by atoms with Crippen molar-refractivity contribution in [3.8, 4) is 5.75 Å². The highest BCUT2D eigenvalue weighted by molar-refractivity contribution is 7.18. The zero-order valence-electron chi connectivity index (χ0n) is 18.9. The van der Waals surface area contributed by atoms with Crippen LogP contribution in [0.3, 0.4) is 0 Å². The lowest BCUT2D eigenvalue weighted by Crippen LogP contribution is -2.39. The first-order chi connectivity index (χ1) is 17.1. The number of halogens is 1. The minimum absolute atomic E-state index is 0.0830. The van der Waals surface area contributed by atoms with Crippen LogP contribution in [0.5, 0.6) is 5.75 Å². The van der Waals surface area contributed by atoms with E-state index >= 15 is 0 Å². The molecule has 1 aliphatic heterocycles. The van der Waals surface area contributed by atoms with Crippen molar-refractivity contribution >= 4 is 39.1 Å². The Balaban J connectivity index is 1.26. The molecule has 178 valence electrons. The Morgan fingerprint density at radius 1 is 1.06 bits per heavy atom. The van der Waals surface area contributed by atoms with Crippen LogP contribution in [0, 0.1) is 5.82 Å². The van der Waals surface area contributed by atoms with Crippen molar-refractivity contribution in [2.24, 2.45) is 0 Å². The van der Waals surface area contributed by atoms with Crippen LogP contribution in [-0.2, 0) is 4.79 Å². The van der Waals surface area contributed by atoms with E-state index in [2.05, 4.69) is 11.4 Å². The lowest BCUT2D eigenvalue weighted by atomic mass is 9.98. The summed E-state index contributed by atoms with van der Waals surface area (Å²) in [7, 11) is 0. The molecule has 5 rings (SSSR count). The smallest absolute Gasteiger partial charge is 0.262 e. The number of piperidine rings is 1. The van der Waals surface area contributed by atoms with Gasteiger partial charge in [0.2, 0.25) is 0 Å². The Labute approximate surface area is 206 Å². The number of thiazole rings is 1. The SMILES string of the molecule is O=C(COc1ccccc1C(=O)N1CCCC(c2nc3ccccc3s2)C1)Nc1ccccc1F. The predicted octanol–water partition coefficient (Wildman–Crippen LogP) is 5.47. The second-order valence-corrected chi connectivity index (χ2v) is 9.49. The molecule has 0 bridgehead atoms. The molecule has 4 aromatic rings. The van der Waals surface area contributed by atoms with Crippen LogP contribution in [0.25, 0.3) is 10.2 Å². The second kappa shape index (κ2) is 10.2. The summed E-state index contributed by atoms with van der Waals surface area (Å²) >= 11 is 1.68. The fourth-order valence-corrected chi connectivity index (χ4v) is 5.35. The van der Waals surface area contributed by atoms with Crippen molar-refractivity contribution in [1.29, 1.82) is 0 Å². The van der Waals surface area contributed by atoms with Gasteiger partial charge in [0.1, 0.15) is 11.6 Å². The van der Waals surface area contributed by atoms with Crippen LogP contribution < -0.4 is 10.1 Å². The zero-order valence-corrected chi connectivity index (χ0v) is 19.8. The molecular weight excluding hydrogens is 465 g/mol. The van der Waals surface area contributed by atoms with E-state index in [0.717, 1.165) is 28.1 Å². The quantitative estimate of drug-likeness (QED) is 0.390. The summed E-state index contributed by atoms with van der Waals surface area (Å²) in [6, 6.07) is 20.9. The van der Waals surface area contributed by atoms with E-state index in [1.165, 1.54) is 12.1 Å². The van der Waals surface area contributed by atoms with E-state index in [4.69, 9.17) is 9.72 Å².